The van der Waals surface area contributed by atoms with Gasteiger partial charge in [-0.2, -0.15) is 11.8 Å². The van der Waals surface area contributed by atoms with Crippen LogP contribution >= 0.6 is 34.4 Å². The van der Waals surface area contributed by atoms with Crippen LogP contribution in [0.3, 0.4) is 0 Å². The van der Waals surface area contributed by atoms with Crippen LogP contribution in [-0.4, -0.2) is 78.2 Å². The van der Waals surface area contributed by atoms with E-state index in [0.717, 1.165) is 31.4 Å². The summed E-state index contributed by atoms with van der Waals surface area (Å²) in [5.41, 5.74) is 0. The molecule has 0 bridgehead atoms. The minimum atomic E-state index is -0.0468. The summed E-state index contributed by atoms with van der Waals surface area (Å²) in [5.74, 6) is 1.29. The van der Waals surface area contributed by atoms with E-state index >= 15 is 0 Å². The highest BCUT2D eigenvalue weighted by atomic mass is 127. The Hall–Kier alpha value is -0.590. The van der Waals surface area contributed by atoms with E-state index < -0.39 is 0 Å². The zero-order chi connectivity index (χ0) is 20.9. The number of alkyl halides is 1. The first-order chi connectivity index (χ1) is 14.1. The Morgan fingerprint density at radius 3 is 2.62 bits per heavy atom. The van der Waals surface area contributed by atoms with Crippen LogP contribution in [0.25, 0.3) is 0 Å². The lowest BCUT2D eigenvalue weighted by atomic mass is 10.0. The molecule has 2 rings (SSSR count). The lowest BCUT2D eigenvalue weighted by molar-refractivity contribution is -0.120. The molecule has 0 aliphatic carbocycles. The third kappa shape index (κ3) is 9.84. The highest BCUT2D eigenvalue weighted by molar-refractivity contribution is 14.1. The van der Waals surface area contributed by atoms with Crippen LogP contribution < -0.4 is 16.0 Å². The average molecular weight is 541 g/mol. The van der Waals surface area contributed by atoms with Gasteiger partial charge in [0.15, 0.2) is 0 Å². The maximum atomic E-state index is 12.0. The lowest BCUT2D eigenvalue weighted by Gasteiger charge is -2.16. The number of amides is 3. The molecule has 3 N–H and O–H groups in total. The fraction of sp³-hybridized carbons (Fsp3) is 0.842. The Labute approximate surface area is 190 Å². The molecule has 2 fully saturated rings. The molecule has 2 aliphatic rings. The number of ether oxygens (including phenoxy) is 2. The smallest absolute Gasteiger partial charge is 0.315 e. The van der Waals surface area contributed by atoms with Crippen molar-refractivity contribution < 1.29 is 23.9 Å². The molecule has 3 unspecified atom stereocenters. The summed E-state index contributed by atoms with van der Waals surface area (Å²) in [4.78, 5) is 34.4. The summed E-state index contributed by atoms with van der Waals surface area (Å²) in [6.45, 7) is 2.55. The van der Waals surface area contributed by atoms with Crippen LogP contribution in [-0.2, 0) is 19.1 Å². The topological polar surface area (TPSA) is 106 Å². The number of carbonyl (C=O) groups excluding carboxylic acids is 3. The molecule has 0 saturated carbocycles. The predicted molar refractivity (Wildman–Crippen MR) is 122 cm³/mol. The maximum Gasteiger partial charge on any atom is 0.315 e. The van der Waals surface area contributed by atoms with Gasteiger partial charge < -0.3 is 25.4 Å². The molecule has 3 amide bonds. The van der Waals surface area contributed by atoms with Gasteiger partial charge in [-0.3, -0.25) is 9.59 Å². The Bertz CT molecular complexity index is 540. The summed E-state index contributed by atoms with van der Waals surface area (Å²) < 4.78 is 11.3. The van der Waals surface area contributed by atoms with E-state index in [1.807, 2.05) is 34.4 Å². The third-order valence-corrected chi connectivity index (χ3v) is 7.14. The number of urea groups is 1. The Morgan fingerprint density at radius 2 is 1.83 bits per heavy atom. The van der Waals surface area contributed by atoms with Crippen molar-refractivity contribution in [3.05, 3.63) is 0 Å². The zero-order valence-corrected chi connectivity index (χ0v) is 19.7. The van der Waals surface area contributed by atoms with E-state index in [1.54, 1.807) is 0 Å². The SMILES string of the molecule is O=C(CCCCC1SCC2NC(=O)NC21)CCCOCCOCCNC(=O)CI. The van der Waals surface area contributed by atoms with Crippen molar-refractivity contribution in [2.75, 3.05) is 43.2 Å². The summed E-state index contributed by atoms with van der Waals surface area (Å²) in [7, 11) is 0. The molecule has 0 aromatic carbocycles. The molecule has 2 aliphatic heterocycles. The highest BCUT2D eigenvalue weighted by Crippen LogP contribution is 2.33. The number of halogens is 1. The number of ketones is 1. The highest BCUT2D eigenvalue weighted by Gasteiger charge is 2.42. The summed E-state index contributed by atoms with van der Waals surface area (Å²) >= 11 is 3.93. The van der Waals surface area contributed by atoms with Crippen molar-refractivity contribution in [1.29, 1.82) is 0 Å². The molecular formula is C19H32IN3O5S. The molecule has 0 spiro atoms. The molecule has 0 aromatic rings. The molecule has 0 aromatic heterocycles. The fourth-order valence-corrected chi connectivity index (χ4v) is 5.25. The standard InChI is InChI=1S/C19H32IN3O5S/c20-12-17(25)21-7-9-28-11-10-27-8-3-5-14(24)4-1-2-6-16-18-15(13-29-16)22-19(26)23-18/h15-16,18H,1-13H2,(H,21,25)(H2,22,23,26). The largest absolute Gasteiger partial charge is 0.379 e. The van der Waals surface area contributed by atoms with Crippen molar-refractivity contribution in [3.63, 3.8) is 0 Å². The fourth-order valence-electron chi connectivity index (χ4n) is 3.44. The summed E-state index contributed by atoms with van der Waals surface area (Å²) in [5, 5.41) is 9.15. The number of unbranched alkanes of at least 4 members (excludes halogenated alkanes) is 1. The molecule has 2 heterocycles. The van der Waals surface area contributed by atoms with Crippen molar-refractivity contribution in [3.8, 4) is 0 Å². The van der Waals surface area contributed by atoms with Gasteiger partial charge in [0.25, 0.3) is 0 Å². The van der Waals surface area contributed by atoms with Gasteiger partial charge in [-0.1, -0.05) is 29.0 Å². The van der Waals surface area contributed by atoms with Gasteiger partial charge >= 0.3 is 6.03 Å². The molecular weight excluding hydrogens is 509 g/mol. The maximum absolute atomic E-state index is 12.0. The minimum absolute atomic E-state index is 0.0146. The number of nitrogens with one attached hydrogen (secondary N) is 3. The van der Waals surface area contributed by atoms with Crippen LogP contribution in [0.4, 0.5) is 4.79 Å². The van der Waals surface area contributed by atoms with Gasteiger partial charge in [-0.25, -0.2) is 4.79 Å². The molecule has 29 heavy (non-hydrogen) atoms. The van der Waals surface area contributed by atoms with Gasteiger partial charge in [0.05, 0.1) is 36.3 Å². The molecule has 166 valence electrons. The van der Waals surface area contributed by atoms with E-state index in [0.29, 0.717) is 61.3 Å². The lowest BCUT2D eigenvalue weighted by Crippen LogP contribution is -2.36. The third-order valence-electron chi connectivity index (χ3n) is 4.94. The monoisotopic (exact) mass is 541 g/mol. The Kier molecular flexibility index (Phi) is 12.3. The van der Waals surface area contributed by atoms with E-state index in [9.17, 15) is 14.4 Å². The number of hydrogen-bond acceptors (Lipinski definition) is 6. The quantitative estimate of drug-likeness (QED) is 0.119. The van der Waals surface area contributed by atoms with Crippen molar-refractivity contribution in [2.45, 2.75) is 55.9 Å². The Morgan fingerprint density at radius 1 is 1.07 bits per heavy atom. The van der Waals surface area contributed by atoms with Gasteiger partial charge in [0.1, 0.15) is 5.78 Å². The van der Waals surface area contributed by atoms with E-state index in [2.05, 4.69) is 16.0 Å². The number of rotatable bonds is 16. The normalized spacial score (nSPS) is 22.8. The van der Waals surface area contributed by atoms with E-state index in [4.69, 9.17) is 9.47 Å². The first kappa shape index (κ1) is 24.7. The van der Waals surface area contributed by atoms with Crippen molar-refractivity contribution in [2.24, 2.45) is 0 Å². The van der Waals surface area contributed by atoms with Gasteiger partial charge in [0.2, 0.25) is 5.91 Å². The second-order valence-electron chi connectivity index (χ2n) is 7.22. The number of hydrogen-bond donors (Lipinski definition) is 3. The number of fused-ring (bicyclic) bond motifs is 1. The van der Waals surface area contributed by atoms with Crippen LogP contribution in [0.1, 0.15) is 38.5 Å². The second-order valence-corrected chi connectivity index (χ2v) is 9.25. The van der Waals surface area contributed by atoms with E-state index in [-0.39, 0.29) is 24.0 Å². The van der Waals surface area contributed by atoms with Crippen LogP contribution in [0.2, 0.25) is 0 Å². The first-order valence-corrected chi connectivity index (χ1v) is 12.9. The van der Waals surface area contributed by atoms with Gasteiger partial charge in [0, 0.05) is 37.0 Å². The minimum Gasteiger partial charge on any atom is -0.379 e. The van der Waals surface area contributed by atoms with E-state index in [1.165, 1.54) is 0 Å². The van der Waals surface area contributed by atoms with Gasteiger partial charge in [-0.15, -0.1) is 0 Å². The van der Waals surface area contributed by atoms with Crippen LogP contribution in [0.5, 0.6) is 0 Å². The second kappa shape index (κ2) is 14.4. The predicted octanol–water partition coefficient (Wildman–Crippen LogP) is 1.65. The molecule has 3 atom stereocenters. The molecule has 10 heteroatoms. The van der Waals surface area contributed by atoms with Gasteiger partial charge in [-0.05, 0) is 19.3 Å². The number of thioether (sulfide) groups is 1. The molecule has 0 radical (unpaired) electrons. The molecule has 2 saturated heterocycles. The number of carbonyl (C=O) groups is 3. The summed E-state index contributed by atoms with van der Waals surface area (Å²) in [6.07, 6.45) is 4.91. The summed E-state index contributed by atoms with van der Waals surface area (Å²) in [6, 6.07) is 0.472. The average Bonchev–Trinajstić information content (AvgIpc) is 3.25. The number of Topliss-reactive ketones (excluding diaryl/α,β-unsaturated/α-hetero) is 1. The Balaban J connectivity index is 1.35. The first-order valence-electron chi connectivity index (χ1n) is 10.3. The molecule has 8 nitrogen and oxygen atoms in total. The van der Waals surface area contributed by atoms with Crippen molar-refractivity contribution >= 4 is 52.1 Å². The zero-order valence-electron chi connectivity index (χ0n) is 16.8. The van der Waals surface area contributed by atoms with Crippen molar-refractivity contribution in [1.82, 2.24) is 16.0 Å². The van der Waals surface area contributed by atoms with Crippen LogP contribution in [0, 0.1) is 0 Å². The van der Waals surface area contributed by atoms with Crippen LogP contribution in [0.15, 0.2) is 0 Å².